The van der Waals surface area contributed by atoms with Gasteiger partial charge in [0, 0.05) is 87.1 Å². The first-order valence-electron chi connectivity index (χ1n) is 45.4. The zero-order valence-electron chi connectivity index (χ0n) is 81.0. The first kappa shape index (κ1) is 92.3. The van der Waals surface area contributed by atoms with Crippen LogP contribution in [0.2, 0.25) is 0 Å². The van der Waals surface area contributed by atoms with E-state index in [0.717, 1.165) is 179 Å². The van der Waals surface area contributed by atoms with Crippen LogP contribution in [-0.2, 0) is 53.5 Å². The van der Waals surface area contributed by atoms with Crippen molar-refractivity contribution in [2.24, 2.45) is 46.6 Å². The summed E-state index contributed by atoms with van der Waals surface area (Å²) >= 11 is 0. The number of aromatic nitrogens is 10. The van der Waals surface area contributed by atoms with Crippen LogP contribution in [0.3, 0.4) is 0 Å². The van der Waals surface area contributed by atoms with E-state index in [-0.39, 0.29) is 10.8 Å². The SMILES string of the molecule is [C-]#[N+]c1ccc2c(n1)oc1c(-c3cc(C(C)(C)C)cc[n+]3C)c(C)ccc12.[C-]#[N+]c1ccc2c(n1)oc1c(-c3cc(C(C)C)c(C)c[n+]3C)c(C)ccc12.[C-]#[N+]c1ccc2c(n1)oc1c(-c3cc(C(C)C)cc[n+]3C)c(C)ccc12.[C-]#[N+]c1ccc2c(n1)oc1c(-c3cc(CC(C)(C)C)cc[n+]3C)c(C)ccc12.[C-]#[N+]c1ccc2c(n1)oc1c(-c3cc(CC(C)C)cc[n+]3C)c(C)ccc12. The number of furan rings is 5. The highest BCUT2D eigenvalue weighted by atomic mass is 16.4. The molecular weight excluding hydrogens is 1670 g/mol. The van der Waals surface area contributed by atoms with Crippen LogP contribution in [0.25, 0.3) is 191 Å². The Labute approximate surface area is 787 Å². The second kappa shape index (κ2) is 37.0. The smallest absolute Gasteiger partial charge is 0.322 e. The molecule has 0 radical (unpaired) electrons. The molecule has 20 rings (SSSR count). The number of benzene rings is 5. The minimum absolute atomic E-state index is 0.0603. The van der Waals surface area contributed by atoms with Gasteiger partial charge in [-0.05, 0) is 169 Å². The largest absolute Gasteiger partial charge is 0.419 e. The van der Waals surface area contributed by atoms with Crippen LogP contribution in [0, 0.1) is 85.7 Å². The van der Waals surface area contributed by atoms with Gasteiger partial charge in [0.1, 0.15) is 35.2 Å². The lowest BCUT2D eigenvalue weighted by atomic mass is 9.86. The molecule has 0 atom stereocenters. The van der Waals surface area contributed by atoms with Crippen LogP contribution in [0.15, 0.2) is 229 Å². The maximum atomic E-state index is 7.21. The summed E-state index contributed by atoms with van der Waals surface area (Å²) in [6, 6.07) is 59.3. The first-order chi connectivity index (χ1) is 64.4. The molecule has 20 aromatic rings. The van der Waals surface area contributed by atoms with E-state index in [1.165, 1.54) is 33.4 Å². The van der Waals surface area contributed by atoms with Gasteiger partial charge >= 0.3 is 28.6 Å². The summed E-state index contributed by atoms with van der Waals surface area (Å²) in [6.45, 7) is 75.4. The highest BCUT2D eigenvalue weighted by Gasteiger charge is 2.32. The Kier molecular flexibility index (Phi) is 25.3. The second-order valence-electron chi connectivity index (χ2n) is 38.6. The first-order valence-corrected chi connectivity index (χ1v) is 45.4. The number of hydrogen-bond acceptors (Lipinski definition) is 10. The molecule has 15 aromatic heterocycles. The second-order valence-corrected chi connectivity index (χ2v) is 38.6. The maximum Gasteiger partial charge on any atom is 0.322 e. The number of hydrogen-bond donors (Lipinski definition) is 0. The van der Waals surface area contributed by atoms with E-state index < -0.39 is 0 Å². The van der Waals surface area contributed by atoms with Crippen LogP contribution >= 0.6 is 0 Å². The van der Waals surface area contributed by atoms with Gasteiger partial charge in [0.25, 0.3) is 29.1 Å². The predicted molar refractivity (Wildman–Crippen MR) is 539 cm³/mol. The highest BCUT2D eigenvalue weighted by Crippen LogP contribution is 2.45. The summed E-state index contributed by atoms with van der Waals surface area (Å²) in [5, 5.41) is 9.85. The van der Waals surface area contributed by atoms with Gasteiger partial charge in [-0.3, -0.25) is 0 Å². The van der Waals surface area contributed by atoms with Gasteiger partial charge in [-0.15, -0.1) is 0 Å². The lowest BCUT2D eigenvalue weighted by Gasteiger charge is -2.19. The fraction of sp³-hybridized carbons (Fsp3) is 0.261. The summed E-state index contributed by atoms with van der Waals surface area (Å²) in [5.74, 6) is 3.25. The van der Waals surface area contributed by atoms with Crippen LogP contribution in [-0.4, -0.2) is 24.9 Å². The molecule has 0 aliphatic carbocycles. The average molecular weight is 1780 g/mol. The van der Waals surface area contributed by atoms with E-state index in [9.17, 15) is 0 Å². The number of rotatable bonds is 10. The van der Waals surface area contributed by atoms with E-state index >= 15 is 0 Å². The maximum absolute atomic E-state index is 7.21. The molecular formula is C115H110N15O5+5. The van der Waals surface area contributed by atoms with E-state index in [4.69, 9.17) is 54.9 Å². The summed E-state index contributed by atoms with van der Waals surface area (Å²) in [4.78, 5) is 38.8. The van der Waals surface area contributed by atoms with Crippen molar-refractivity contribution in [1.29, 1.82) is 0 Å². The molecule has 0 aliphatic rings. The Bertz CT molecular complexity index is 8410. The van der Waals surface area contributed by atoms with Gasteiger partial charge in [-0.2, -0.15) is 0 Å². The quantitative estimate of drug-likeness (QED) is 0.0948. The number of fused-ring (bicyclic) bond motifs is 15. The Hall–Kier alpha value is -16.0. The number of pyridine rings is 10. The highest BCUT2D eigenvalue weighted by molar-refractivity contribution is 6.13. The van der Waals surface area contributed by atoms with E-state index in [1.54, 1.807) is 30.3 Å². The monoisotopic (exact) mass is 1780 g/mol. The van der Waals surface area contributed by atoms with Gasteiger partial charge in [0.05, 0.1) is 54.7 Å². The summed E-state index contributed by atoms with van der Waals surface area (Å²) in [6.07, 6.45) is 12.7. The van der Waals surface area contributed by atoms with Crippen LogP contribution in [0.1, 0.15) is 156 Å². The molecule has 0 spiro atoms. The molecule has 0 saturated heterocycles. The zero-order valence-corrected chi connectivity index (χ0v) is 81.0. The van der Waals surface area contributed by atoms with Crippen molar-refractivity contribution in [2.75, 3.05) is 0 Å². The lowest BCUT2D eigenvalue weighted by Crippen LogP contribution is -2.32. The van der Waals surface area contributed by atoms with Crippen molar-refractivity contribution in [3.63, 3.8) is 0 Å². The Morgan fingerprint density at radius 2 is 0.585 bits per heavy atom. The third-order valence-corrected chi connectivity index (χ3v) is 25.2. The lowest BCUT2D eigenvalue weighted by molar-refractivity contribution is -0.660. The average Bonchev–Trinajstić information content (AvgIpc) is 1.63. The summed E-state index contributed by atoms with van der Waals surface area (Å²) in [5.41, 5.74) is 31.6. The molecule has 670 valence electrons. The minimum atomic E-state index is 0.0603. The van der Waals surface area contributed by atoms with Gasteiger partial charge in [0.2, 0.25) is 28.5 Å². The molecule has 135 heavy (non-hydrogen) atoms. The van der Waals surface area contributed by atoms with E-state index in [1.807, 2.05) is 30.3 Å². The van der Waals surface area contributed by atoms with Gasteiger partial charge in [-0.25, -0.2) is 22.8 Å². The van der Waals surface area contributed by atoms with Gasteiger partial charge in [0.15, 0.2) is 58.9 Å². The normalized spacial score (nSPS) is 11.6. The van der Waals surface area contributed by atoms with Crippen molar-refractivity contribution in [3.05, 3.63) is 325 Å². The predicted octanol–water partition coefficient (Wildman–Crippen LogP) is 28.3. The third-order valence-electron chi connectivity index (χ3n) is 25.2. The Morgan fingerprint density at radius 1 is 0.304 bits per heavy atom. The molecule has 20 nitrogen and oxygen atoms in total. The fourth-order valence-corrected chi connectivity index (χ4v) is 18.1. The fourth-order valence-electron chi connectivity index (χ4n) is 18.1. The third kappa shape index (κ3) is 18.3. The minimum Gasteiger partial charge on any atom is -0.419 e. The van der Waals surface area contributed by atoms with Crippen molar-refractivity contribution in [2.45, 2.75) is 155 Å². The van der Waals surface area contributed by atoms with Crippen molar-refractivity contribution < 1.29 is 44.9 Å². The molecule has 0 saturated carbocycles. The zero-order chi connectivity index (χ0) is 96.2. The van der Waals surface area contributed by atoms with Gasteiger partial charge < -0.3 is 46.3 Å². The standard InChI is InChI=1S/C24H24N3O.3C23H22N3O.C22H20N3O/c1-15-7-8-17-18-9-10-20(25-5)26-23(18)28-22(17)21(15)19-13-16(11-12-27(19)6)14-24(2,3)4;1-13(2)18-11-19(26(6)12-15(18)4)21-14(3)7-8-16-17-9-10-20(24-5)25-23(17)27-22(16)21;1-14-7-8-16-17-9-10-19(24-5)25-22(17)27-21(16)20(14)18-13-15(23(2,3)4)11-12-26(18)6;1-14(2)12-16-10-11-26(5)19(13-16)21-15(3)6-7-17-18-8-9-20(24-4)25-23(18)27-22(17)21;1-13(2)15-10-11-25(5)18(12-15)20-14(3)6-7-16-17-8-9-19(23-4)24-22(17)26-21(16)20/h7-13H,14H2,1-4,6H3;2*7-13H,1-4,6H3;6-11,13-14H,12H2,1-3,5H3;6-13H,1-3,5H3/q5*+1. The number of nitrogens with zero attached hydrogens (tertiary/aromatic N) is 15. The Balaban J connectivity index is 0.000000123. The molecule has 0 N–H and O–H groups in total. The van der Waals surface area contributed by atoms with Crippen molar-refractivity contribution in [3.8, 4) is 56.3 Å². The van der Waals surface area contributed by atoms with Crippen LogP contribution in [0.4, 0.5) is 29.1 Å². The van der Waals surface area contributed by atoms with Crippen molar-refractivity contribution in [1.82, 2.24) is 24.9 Å². The Morgan fingerprint density at radius 3 is 0.881 bits per heavy atom. The molecule has 0 bridgehead atoms. The van der Waals surface area contributed by atoms with E-state index in [2.05, 4.69) is 378 Å². The van der Waals surface area contributed by atoms with Gasteiger partial charge in [-0.1, -0.05) is 232 Å². The van der Waals surface area contributed by atoms with Crippen LogP contribution < -0.4 is 22.8 Å². The molecule has 0 aliphatic heterocycles. The molecule has 15 heterocycles. The molecule has 0 unspecified atom stereocenters. The van der Waals surface area contributed by atoms with E-state index in [0.29, 0.717) is 75.4 Å². The summed E-state index contributed by atoms with van der Waals surface area (Å²) < 4.78 is 41.5. The topological polar surface area (TPSA) is 171 Å². The molecule has 0 fully saturated rings. The number of aryl methyl sites for hydroxylation is 11. The van der Waals surface area contributed by atoms with Crippen molar-refractivity contribution >= 4 is 139 Å². The van der Waals surface area contributed by atoms with Crippen LogP contribution in [0.5, 0.6) is 0 Å². The summed E-state index contributed by atoms with van der Waals surface area (Å²) in [7, 11) is 10.3. The molecule has 0 amide bonds. The molecule has 5 aromatic carbocycles. The molecule has 20 heteroatoms.